The minimum Gasteiger partial charge on any atom is -0.508 e. The number of aryl methyl sites for hydroxylation is 4. The summed E-state index contributed by atoms with van der Waals surface area (Å²) in [4.78, 5) is 4.58. The molecule has 0 fully saturated rings. The van der Waals surface area contributed by atoms with Crippen LogP contribution in [-0.4, -0.2) is 17.2 Å². The highest BCUT2D eigenvalue weighted by atomic mass is 16.5. The third-order valence-corrected chi connectivity index (χ3v) is 5.91. The molecule has 0 spiro atoms. The molecule has 0 aromatic heterocycles. The number of nitrogen functional groups attached to an aromatic ring is 3. The monoisotopic (exact) mass is 500 g/mol. The van der Waals surface area contributed by atoms with E-state index in [0.717, 1.165) is 44.9 Å². The second kappa shape index (κ2) is 11.3. The average Bonchev–Trinajstić information content (AvgIpc) is 2.85. The molecule has 37 heavy (non-hydrogen) atoms. The molecule has 3 aromatic carbocycles. The lowest BCUT2D eigenvalue weighted by atomic mass is 10.1. The van der Waals surface area contributed by atoms with E-state index in [1.807, 2.05) is 58.0 Å². The van der Waals surface area contributed by atoms with Crippen molar-refractivity contribution in [1.29, 1.82) is 0 Å². The molecule has 0 radical (unpaired) electrons. The number of rotatable bonds is 1. The zero-order valence-electron chi connectivity index (χ0n) is 21.8. The fourth-order valence-corrected chi connectivity index (χ4v) is 3.34. The van der Waals surface area contributed by atoms with Crippen molar-refractivity contribution in [2.45, 2.75) is 27.7 Å². The SMILES string of the molecule is COc1ccc(C)c(N)c1.Cc1cc2nc3cc(C)c(=[NH2+])cc-3oc2cc1N.Cc1ccc(O)cc1N. The molecule has 1 aliphatic carbocycles. The summed E-state index contributed by atoms with van der Waals surface area (Å²) in [5.41, 5.74) is 25.4. The molecular formula is C29H34N5O3+. The molecule has 5 rings (SSSR count). The molecule has 1 aliphatic heterocycles. The highest BCUT2D eigenvalue weighted by Crippen LogP contribution is 2.27. The van der Waals surface area contributed by atoms with E-state index < -0.39 is 0 Å². The van der Waals surface area contributed by atoms with Crippen LogP contribution in [0.1, 0.15) is 22.3 Å². The summed E-state index contributed by atoms with van der Waals surface area (Å²) < 4.78 is 10.8. The summed E-state index contributed by atoms with van der Waals surface area (Å²) in [5, 5.41) is 15.4. The number of phenolic OH excluding ortho intramolecular Hbond substituents is 1. The number of aromatic hydroxyl groups is 1. The van der Waals surface area contributed by atoms with Crippen LogP contribution in [0.15, 0.2) is 65.1 Å². The van der Waals surface area contributed by atoms with Gasteiger partial charge in [0.25, 0.3) is 0 Å². The molecule has 1 heterocycles. The Labute approximate surface area is 216 Å². The van der Waals surface area contributed by atoms with E-state index in [2.05, 4.69) is 4.98 Å². The van der Waals surface area contributed by atoms with Crippen molar-refractivity contribution in [2.75, 3.05) is 24.3 Å². The molecule has 2 aliphatic rings. The Bertz CT molecular complexity index is 1580. The Hall–Kier alpha value is -4.72. The maximum absolute atomic E-state index is 8.86. The number of methoxy groups -OCH3 is 1. The van der Waals surface area contributed by atoms with Crippen molar-refractivity contribution < 1.29 is 19.7 Å². The minimum atomic E-state index is 0.220. The van der Waals surface area contributed by atoms with Crippen LogP contribution in [0.5, 0.6) is 11.5 Å². The van der Waals surface area contributed by atoms with Crippen molar-refractivity contribution in [2.24, 2.45) is 0 Å². The smallest absolute Gasteiger partial charge is 0.203 e. The van der Waals surface area contributed by atoms with Crippen LogP contribution in [0.25, 0.3) is 22.6 Å². The van der Waals surface area contributed by atoms with E-state index in [1.165, 1.54) is 6.07 Å². The summed E-state index contributed by atoms with van der Waals surface area (Å²) in [6.07, 6.45) is 0. The van der Waals surface area contributed by atoms with E-state index >= 15 is 0 Å². The van der Waals surface area contributed by atoms with Gasteiger partial charge in [-0.3, -0.25) is 5.41 Å². The van der Waals surface area contributed by atoms with Gasteiger partial charge in [0.05, 0.1) is 13.2 Å². The molecule has 9 N–H and O–H groups in total. The van der Waals surface area contributed by atoms with Gasteiger partial charge in [0.15, 0.2) is 11.3 Å². The number of ether oxygens (including phenoxy) is 1. The average molecular weight is 501 g/mol. The lowest BCUT2D eigenvalue weighted by Gasteiger charge is -2.08. The minimum absolute atomic E-state index is 0.220. The van der Waals surface area contributed by atoms with Crippen LogP contribution in [-0.2, 0) is 0 Å². The van der Waals surface area contributed by atoms with Gasteiger partial charge in [-0.2, -0.15) is 0 Å². The van der Waals surface area contributed by atoms with E-state index in [-0.39, 0.29) is 5.75 Å². The maximum atomic E-state index is 8.86. The quantitative estimate of drug-likeness (QED) is 0.173. The zero-order chi connectivity index (χ0) is 27.3. The molecule has 3 aromatic rings. The van der Waals surface area contributed by atoms with Gasteiger partial charge < -0.3 is 31.5 Å². The number of nitrogens with zero attached hydrogens (tertiary/aromatic N) is 1. The normalized spacial score (nSPS) is 10.3. The molecule has 8 heteroatoms. The summed E-state index contributed by atoms with van der Waals surface area (Å²) >= 11 is 0. The molecule has 0 saturated heterocycles. The van der Waals surface area contributed by atoms with Crippen LogP contribution in [0.4, 0.5) is 17.1 Å². The van der Waals surface area contributed by atoms with Crippen LogP contribution < -0.4 is 32.7 Å². The Morgan fingerprint density at radius 3 is 1.97 bits per heavy atom. The molecule has 192 valence electrons. The van der Waals surface area contributed by atoms with Crippen LogP contribution >= 0.6 is 0 Å². The van der Waals surface area contributed by atoms with Gasteiger partial charge in [-0.1, -0.05) is 12.1 Å². The standard InChI is InChI=1S/C14H13N3O.C8H11NO.C7H9NO/c1-7-3-11-13(5-9(7)15)18-14-6-10(16)8(2)4-12(14)17-11;1-6-3-4-7(10-2)5-8(6)9;1-5-2-3-6(9)4-7(5)8/h3-6,15H,16H2,1-2H3;3-5H,9H2,1-2H3;2-4,9H,8H2,1H3/p+1. The van der Waals surface area contributed by atoms with E-state index in [1.54, 1.807) is 31.4 Å². The molecule has 0 amide bonds. The number of nitrogens with two attached hydrogens (primary N) is 4. The number of aromatic nitrogens is 1. The fourth-order valence-electron chi connectivity index (χ4n) is 3.34. The third-order valence-electron chi connectivity index (χ3n) is 5.91. The Morgan fingerprint density at radius 1 is 0.757 bits per heavy atom. The summed E-state index contributed by atoms with van der Waals surface area (Å²) in [6, 6.07) is 18.0. The zero-order valence-corrected chi connectivity index (χ0v) is 21.8. The first-order chi connectivity index (χ1) is 17.5. The van der Waals surface area contributed by atoms with Crippen molar-refractivity contribution in [3.8, 4) is 23.0 Å². The summed E-state index contributed by atoms with van der Waals surface area (Å²) in [5.74, 6) is 1.70. The number of anilines is 3. The Morgan fingerprint density at radius 2 is 1.38 bits per heavy atom. The van der Waals surface area contributed by atoms with E-state index in [9.17, 15) is 0 Å². The molecule has 0 saturated carbocycles. The number of fused-ring (bicyclic) bond motifs is 2. The number of benzene rings is 4. The van der Waals surface area contributed by atoms with Crippen LogP contribution in [0.2, 0.25) is 0 Å². The lowest BCUT2D eigenvalue weighted by Crippen LogP contribution is -2.46. The van der Waals surface area contributed by atoms with Gasteiger partial charge in [-0.05, 0) is 68.7 Å². The highest BCUT2D eigenvalue weighted by Gasteiger charge is 2.12. The Balaban J connectivity index is 0.000000170. The first kappa shape index (κ1) is 26.9. The van der Waals surface area contributed by atoms with Gasteiger partial charge >= 0.3 is 0 Å². The molecule has 0 atom stereocenters. The maximum Gasteiger partial charge on any atom is 0.203 e. The number of phenols is 1. The van der Waals surface area contributed by atoms with Crippen LogP contribution in [0.3, 0.4) is 0 Å². The third kappa shape index (κ3) is 6.70. The summed E-state index contributed by atoms with van der Waals surface area (Å²) in [7, 11) is 1.63. The Kier molecular flexibility index (Phi) is 8.24. The van der Waals surface area contributed by atoms with Crippen molar-refractivity contribution in [1.82, 2.24) is 4.98 Å². The topological polar surface area (TPSA) is 159 Å². The first-order valence-corrected chi connectivity index (χ1v) is 11.6. The predicted molar refractivity (Wildman–Crippen MR) is 149 cm³/mol. The lowest BCUT2D eigenvalue weighted by molar-refractivity contribution is -0.173. The van der Waals surface area contributed by atoms with Gasteiger partial charge in [0.1, 0.15) is 22.7 Å². The van der Waals surface area contributed by atoms with Crippen molar-refractivity contribution >= 4 is 28.2 Å². The van der Waals surface area contributed by atoms with Gasteiger partial charge in [0.2, 0.25) is 5.36 Å². The second-order valence-corrected chi connectivity index (χ2v) is 8.83. The molecule has 0 bridgehead atoms. The van der Waals surface area contributed by atoms with Crippen molar-refractivity contribution in [3.05, 3.63) is 88.3 Å². The van der Waals surface area contributed by atoms with Gasteiger partial charge in [0, 0.05) is 40.8 Å². The van der Waals surface area contributed by atoms with Crippen molar-refractivity contribution in [3.63, 3.8) is 0 Å². The second-order valence-electron chi connectivity index (χ2n) is 8.83. The molecule has 0 unspecified atom stereocenters. The largest absolute Gasteiger partial charge is 0.508 e. The predicted octanol–water partition coefficient (Wildman–Crippen LogP) is 3.66. The van der Waals surface area contributed by atoms with E-state index in [0.29, 0.717) is 28.1 Å². The molecular weight excluding hydrogens is 466 g/mol. The van der Waals surface area contributed by atoms with Gasteiger partial charge in [-0.25, -0.2) is 4.98 Å². The highest BCUT2D eigenvalue weighted by molar-refractivity contribution is 5.81. The van der Waals surface area contributed by atoms with Gasteiger partial charge in [-0.15, -0.1) is 0 Å². The first-order valence-electron chi connectivity index (χ1n) is 11.6. The number of hydrogen-bond donors (Lipinski definition) is 5. The fraction of sp³-hybridized carbons (Fsp3) is 0.172. The van der Waals surface area contributed by atoms with E-state index in [4.69, 9.17) is 36.9 Å². The summed E-state index contributed by atoms with van der Waals surface area (Å²) in [6.45, 7) is 7.77. The molecule has 8 nitrogen and oxygen atoms in total. The number of hydrogen-bond acceptors (Lipinski definition) is 7. The van der Waals surface area contributed by atoms with Crippen LogP contribution in [0, 0.1) is 27.7 Å².